The lowest BCUT2D eigenvalue weighted by atomic mass is 10.1. The van der Waals surface area contributed by atoms with Crippen molar-refractivity contribution in [1.29, 1.82) is 0 Å². The van der Waals surface area contributed by atoms with Crippen molar-refractivity contribution < 1.29 is 18.0 Å². The largest absolute Gasteiger partial charge is 0.493 e. The summed E-state index contributed by atoms with van der Waals surface area (Å²) in [6.07, 6.45) is 24.3. The highest BCUT2D eigenvalue weighted by Crippen LogP contribution is 2.27. The van der Waals surface area contributed by atoms with E-state index in [-0.39, 0.29) is 5.69 Å². The predicted octanol–water partition coefficient (Wildman–Crippen LogP) is 25.4. The number of nitrogens with zero attached hydrogens (tertiary/aromatic N) is 14. The first-order chi connectivity index (χ1) is 64.4. The number of fused-ring (bicyclic) bond motifs is 13. The molecule has 0 aliphatic carbocycles. The van der Waals surface area contributed by atoms with Gasteiger partial charge in [0.25, 0.3) is 0 Å². The molecule has 24 nitrogen and oxygen atoms in total. The molecular weight excluding hydrogens is 1680 g/mol. The van der Waals surface area contributed by atoms with Crippen molar-refractivity contribution in [3.8, 4) is 5.75 Å². The van der Waals surface area contributed by atoms with Gasteiger partial charge in [-0.15, -0.1) is 11.3 Å². The van der Waals surface area contributed by atoms with E-state index in [0.717, 1.165) is 102 Å². The van der Waals surface area contributed by atoms with Crippen molar-refractivity contribution in [2.24, 2.45) is 14.1 Å². The summed E-state index contributed by atoms with van der Waals surface area (Å²) in [4.78, 5) is 51.0. The number of imidazole rings is 4. The highest BCUT2D eigenvalue weighted by molar-refractivity contribution is 7.16. The maximum atomic E-state index is 10.8. The number of nitrogens with one attached hydrogen (secondary N) is 5. The van der Waals surface area contributed by atoms with Gasteiger partial charge < -0.3 is 46.9 Å². The highest BCUT2D eigenvalue weighted by atomic mass is 32.1. The second kappa shape index (κ2) is 44.5. The summed E-state index contributed by atoms with van der Waals surface area (Å²) in [5, 5.41) is 19.8. The maximum absolute atomic E-state index is 10.8. The van der Waals surface area contributed by atoms with E-state index in [4.69, 9.17) is 18.0 Å². The molecule has 0 fully saturated rings. The monoisotopic (exact) mass is 1780 g/mol. The van der Waals surface area contributed by atoms with Crippen LogP contribution >= 0.6 is 11.3 Å². The van der Waals surface area contributed by atoms with E-state index in [1.54, 1.807) is 41.0 Å². The van der Waals surface area contributed by atoms with Crippen LogP contribution in [0.25, 0.3) is 120 Å². The minimum absolute atomic E-state index is 0.148. The summed E-state index contributed by atoms with van der Waals surface area (Å²) in [6.45, 7) is 27.7. The quantitative estimate of drug-likeness (QED) is 0.0943. The number of benzene rings is 11. The summed E-state index contributed by atoms with van der Waals surface area (Å²) >= 11 is 1.69. The number of H-pyrrole nitrogens is 5. The third-order valence-corrected chi connectivity index (χ3v) is 22.0. The lowest BCUT2D eigenvalue weighted by Crippen LogP contribution is -1.99. The number of aryl methyl sites for hydroxylation is 15. The third kappa shape index (κ3) is 26.2. The number of rotatable bonds is 0. The molecule has 11 aromatic carbocycles. The van der Waals surface area contributed by atoms with E-state index in [1.807, 2.05) is 207 Å². The van der Waals surface area contributed by atoms with E-state index in [2.05, 4.69) is 271 Å². The molecule has 0 saturated heterocycles. The molecule has 25 heteroatoms. The topological polar surface area (TPSA) is 292 Å². The van der Waals surface area contributed by atoms with Gasteiger partial charge in [0, 0.05) is 73.2 Å². The second-order valence-corrected chi connectivity index (χ2v) is 33.5. The lowest BCUT2D eigenvalue weighted by molar-refractivity contribution is 0.357. The fourth-order valence-electron chi connectivity index (χ4n) is 14.2. The van der Waals surface area contributed by atoms with Gasteiger partial charge in [-0.3, -0.25) is 9.78 Å². The van der Waals surface area contributed by atoms with Crippen LogP contribution in [0.2, 0.25) is 0 Å². The molecule has 0 atom stereocenters. The first-order valence-electron chi connectivity index (χ1n) is 43.4. The van der Waals surface area contributed by atoms with Crippen LogP contribution in [0, 0.1) is 90.0 Å². The van der Waals surface area contributed by atoms with E-state index in [9.17, 15) is 4.79 Å². The van der Waals surface area contributed by atoms with Gasteiger partial charge in [-0.05, 0) is 297 Å². The van der Waals surface area contributed by atoms with Crippen LogP contribution in [0.3, 0.4) is 0 Å². The van der Waals surface area contributed by atoms with Crippen LogP contribution in [0.4, 0.5) is 0 Å². The van der Waals surface area contributed by atoms with Crippen molar-refractivity contribution >= 4 is 132 Å². The van der Waals surface area contributed by atoms with E-state index >= 15 is 0 Å². The van der Waals surface area contributed by atoms with Crippen LogP contribution in [-0.4, -0.2) is 100.0 Å². The zero-order valence-electron chi connectivity index (χ0n) is 77.2. The SMILES string of the molecule is Cc1ccc2[nH]c(=O)[nH]c2c1.Cc1ccc2[nH]ccc2c1.Cc1ccc2[nH]ncc2c1.Cc1ccc2c(c1)CCO2.Cc1ccc2c(cnn2C)c1.Cc1ccc2nc[nH]c2c1.Cc1ccc2nccn2c1.Cc1ccc2ncn(C)c2c1.Cc1ccc2ncnn2c1.Cc1ccc2ncoc2c1.Cc1ccc2ncsc2c1.Cc1ccc2occc2c1.Cc1ccc2ocnc2c1. The summed E-state index contributed by atoms with van der Waals surface area (Å²) in [6, 6.07) is 79.9. The van der Waals surface area contributed by atoms with Gasteiger partial charge in [0.1, 0.15) is 34.3 Å². The smallest absolute Gasteiger partial charge is 0.323 e. The average Bonchev–Trinajstić information content (AvgIpc) is 1.69. The molecule has 1 aliphatic heterocycles. The Labute approximate surface area is 773 Å². The summed E-state index contributed by atoms with van der Waals surface area (Å²) in [5.41, 5.74) is 36.6. The minimum Gasteiger partial charge on any atom is -0.493 e. The van der Waals surface area contributed by atoms with Crippen LogP contribution in [0.5, 0.6) is 5.75 Å². The highest BCUT2D eigenvalue weighted by Gasteiger charge is 2.11. The number of oxazole rings is 2. The van der Waals surface area contributed by atoms with Gasteiger partial charge in [-0.25, -0.2) is 44.2 Å². The number of ether oxygens (including phenoxy) is 1. The number of furan rings is 1. The molecule has 14 aromatic heterocycles. The standard InChI is InChI=1S/2C9H10N2.C9H9N.C9H10O.C9H8O.C8H8N2O.3C8H8N2.2C8H7NO.C8H7NS.C7H7N3/c1-7-3-4-9-8(5-7)6-10-11(9)2;1-7-3-4-8-9(5-7)11(2)6-10-8;3*1-7-2-3-9-8(6-7)4-5-10-9;1-5-2-3-6-7(4-5)10-8(11)9-6;1-6-2-3-8-7(4-6)5-9-10-8;1-6-2-3-7-8(4-6)10-5-9-7;1-7-2-3-8-9-4-5-10(8)6-7;1-6-2-3-8-7(4-6)9-5-10-8;2*1-6-2-3-7-8(4-6)10-5-9-7;1-6-2-3-7-8-5-9-10(7)4-6/h2*3-6H,1-2H3;2-6,10H,1H3;2-3,6H,4-5H2,1H3;2-6H,1H3;2-4H,1H3,(H2,9,10,11);2*2-5H,1H3,(H,9,10);2-6H,1H3;4*2-5H,1H3. The maximum Gasteiger partial charge on any atom is 0.323 e. The molecule has 0 bridgehead atoms. The van der Waals surface area contributed by atoms with Crippen LogP contribution in [0.15, 0.2) is 342 Å². The van der Waals surface area contributed by atoms with Gasteiger partial charge in [0.2, 0.25) is 0 Å². The zero-order valence-corrected chi connectivity index (χ0v) is 78.0. The average molecular weight is 1780 g/mol. The van der Waals surface area contributed by atoms with Crippen molar-refractivity contribution in [2.45, 2.75) is 96.4 Å². The molecule has 0 spiro atoms. The Morgan fingerprint density at radius 3 is 1.77 bits per heavy atom. The first-order valence-corrected chi connectivity index (χ1v) is 44.3. The molecule has 133 heavy (non-hydrogen) atoms. The Balaban J connectivity index is 0.000000116. The molecule has 5 N–H and O–H groups in total. The van der Waals surface area contributed by atoms with Gasteiger partial charge in [-0.1, -0.05) is 113 Å². The molecule has 25 aromatic rings. The molecule has 0 saturated carbocycles. The Bertz CT molecular complexity index is 7090. The molecule has 26 rings (SSSR count). The Morgan fingerprint density at radius 1 is 0.391 bits per heavy atom. The fraction of sp³-hybridized carbons (Fsp3) is 0.157. The third-order valence-electron chi connectivity index (χ3n) is 21.2. The summed E-state index contributed by atoms with van der Waals surface area (Å²) in [5.74, 6) is 1.07. The normalized spacial score (nSPS) is 10.8. The van der Waals surface area contributed by atoms with Gasteiger partial charge in [0.15, 0.2) is 29.6 Å². The Morgan fingerprint density at radius 2 is 0.985 bits per heavy atom. The number of hydrogen-bond acceptors (Lipinski definition) is 16. The summed E-state index contributed by atoms with van der Waals surface area (Å²) in [7, 11) is 3.96. The predicted molar refractivity (Wildman–Crippen MR) is 540 cm³/mol. The van der Waals surface area contributed by atoms with Crippen LogP contribution in [0.1, 0.15) is 77.9 Å². The van der Waals surface area contributed by atoms with Crippen molar-refractivity contribution in [3.05, 3.63) is 412 Å². The van der Waals surface area contributed by atoms with Gasteiger partial charge in [0.05, 0.1) is 97.8 Å². The minimum atomic E-state index is -0.148. The van der Waals surface area contributed by atoms with Crippen molar-refractivity contribution in [3.63, 3.8) is 0 Å². The van der Waals surface area contributed by atoms with Crippen molar-refractivity contribution in [2.75, 3.05) is 6.61 Å². The number of aromatic nitrogens is 19. The van der Waals surface area contributed by atoms with E-state index in [1.165, 1.54) is 128 Å². The van der Waals surface area contributed by atoms with E-state index in [0.29, 0.717) is 0 Å². The number of aromatic amines is 5. The van der Waals surface area contributed by atoms with Gasteiger partial charge >= 0.3 is 5.69 Å². The summed E-state index contributed by atoms with van der Waals surface area (Å²) < 4.78 is 29.6. The van der Waals surface area contributed by atoms with Gasteiger partial charge in [-0.2, -0.15) is 15.3 Å². The Hall–Kier alpha value is -16.4. The Kier molecular flexibility index (Phi) is 31.1. The molecular formula is C108H107N19O5S. The fourth-order valence-corrected chi connectivity index (χ4v) is 15.0. The zero-order chi connectivity index (χ0) is 93.3. The lowest BCUT2D eigenvalue weighted by Gasteiger charge is -1.97. The van der Waals surface area contributed by atoms with Crippen LogP contribution in [-0.2, 0) is 20.5 Å². The number of pyridine rings is 2. The second-order valence-electron chi connectivity index (χ2n) is 32.6. The molecule has 0 amide bonds. The van der Waals surface area contributed by atoms with E-state index < -0.39 is 0 Å². The molecule has 670 valence electrons. The first kappa shape index (κ1) is 92.8. The molecule has 0 radical (unpaired) electrons. The molecule has 1 aliphatic rings. The number of thiazole rings is 1. The molecule has 15 heterocycles. The molecule has 0 unspecified atom stereocenters. The number of hydrogen-bond donors (Lipinski definition) is 5. The van der Waals surface area contributed by atoms with Crippen molar-refractivity contribution in [1.82, 2.24) is 93.4 Å². The van der Waals surface area contributed by atoms with Crippen LogP contribution < -0.4 is 10.4 Å².